The largest absolute Gasteiger partial charge is 0.481 e. The molecule has 0 radical (unpaired) electrons. The Morgan fingerprint density at radius 1 is 0.489 bits per heavy atom. The van der Waals surface area contributed by atoms with E-state index in [-0.39, 0.29) is 61.3 Å². The number of carbonyl (C=O) groups is 10. The number of fused-ring (bicyclic) bond motifs is 2. The molecule has 0 aliphatic carbocycles. The molecule has 8 atom stereocenters. The van der Waals surface area contributed by atoms with Crippen LogP contribution in [0.4, 0.5) is 0 Å². The van der Waals surface area contributed by atoms with Crippen molar-refractivity contribution in [1.82, 2.24) is 47.2 Å². The second-order valence-corrected chi connectivity index (χ2v) is 23.4. The quantitative estimate of drug-likeness (QED) is 0.0244. The van der Waals surface area contributed by atoms with Crippen LogP contribution in [-0.4, -0.2) is 165 Å². The molecule has 0 aliphatic heterocycles. The van der Waals surface area contributed by atoms with Gasteiger partial charge in [-0.15, -0.1) is 0 Å². The number of aliphatic carboxylic acids is 2. The average molecular weight is 1270 g/mol. The number of primary amides is 1. The number of H-pyrrole nitrogens is 2. The van der Waals surface area contributed by atoms with Crippen LogP contribution in [-0.2, 0) is 84.0 Å². The number of benzene rings is 4. The van der Waals surface area contributed by atoms with E-state index in [1.165, 1.54) is 35.7 Å². The Hall–Kier alpha value is -8.97. The lowest BCUT2D eigenvalue weighted by Gasteiger charge is -2.28. The van der Waals surface area contributed by atoms with Crippen molar-refractivity contribution in [2.75, 3.05) is 24.0 Å². The molecular weight excluding hydrogens is 1200 g/mol. The first-order valence-electron chi connectivity index (χ1n) is 27.4. The zero-order valence-electron chi connectivity index (χ0n) is 47.7. The molecule has 8 amide bonds. The maximum atomic E-state index is 15.2. The van der Waals surface area contributed by atoms with Gasteiger partial charge in [-0.1, -0.05) is 78.9 Å². The van der Waals surface area contributed by atoms with Crippen LogP contribution in [0.3, 0.4) is 0 Å². The zero-order chi connectivity index (χ0) is 64.1. The SMILES string of the molecule is CSCC[C@H](NC(=O)[C@H](Cc1c[nH]c2ccccc12)NC(=O)[C@@H](Cc1c[nH]c2ccccc12)NC(=O)[C@H](CCSC)NC(=O)[C@H](Cc1ccc(OS(=O)(=O)O)cc1)NC(=O)[C@@H](N)CC(=O)O)C(=O)N[C@@H](CC(=O)O)C(=O)N[C@@H](Cc1ccccc1)C(N)=O. The van der Waals surface area contributed by atoms with Gasteiger partial charge in [-0.2, -0.15) is 31.9 Å². The lowest BCUT2D eigenvalue weighted by atomic mass is 10.0. The summed E-state index contributed by atoms with van der Waals surface area (Å²) in [4.78, 5) is 143. The first-order chi connectivity index (χ1) is 41.9. The van der Waals surface area contributed by atoms with Crippen molar-refractivity contribution >= 4 is 115 Å². The molecule has 30 heteroatoms. The van der Waals surface area contributed by atoms with E-state index in [4.69, 9.17) is 16.0 Å². The minimum atomic E-state index is -4.90. The summed E-state index contributed by atoms with van der Waals surface area (Å²) in [6.07, 6.45) is 4.06. The predicted octanol–water partition coefficient (Wildman–Crippen LogP) is 0.763. The molecule has 0 fully saturated rings. The standard InChI is InChI=1S/C58H69N11O16S3/c1-86-22-20-42(63-55(78)45(66-52(75)39(59)28-49(70)71)25-33-16-18-36(19-17-33)85-88(82,83)84)53(76)67-47(27-35-31-62-41-15-9-7-13-38(35)41)57(80)68-46(26-34-30-61-40-14-8-6-12-37(34)40)56(79)64-43(21-23-87-2)54(77)69-48(29-50(72)73)58(81)65-44(51(60)74)24-32-10-4-3-5-11-32/h3-19,30-31,39,42-48,61-62H,20-29,59H2,1-2H3,(H2,60,74)(H,63,78)(H,64,79)(H,65,81)(H,66,75)(H,67,76)(H,68,80)(H,69,77)(H,70,71)(H,72,73)(H,82,83,84)/t39-,42-,43-,44-,45-,46-,47+,48-/m0/s1. The van der Waals surface area contributed by atoms with Crippen molar-refractivity contribution in [1.29, 1.82) is 0 Å². The minimum Gasteiger partial charge on any atom is -0.481 e. The molecule has 0 aliphatic rings. The topological polar surface area (TPSA) is 443 Å². The first-order valence-corrected chi connectivity index (χ1v) is 31.6. The van der Waals surface area contributed by atoms with Crippen molar-refractivity contribution < 1.29 is 75.3 Å². The predicted molar refractivity (Wildman–Crippen MR) is 328 cm³/mol. The summed E-state index contributed by atoms with van der Waals surface area (Å²) >= 11 is 2.62. The Morgan fingerprint density at radius 2 is 0.864 bits per heavy atom. The number of hydrogen-bond donors (Lipinski definition) is 14. The molecule has 6 aromatic rings. The molecule has 2 aromatic heterocycles. The van der Waals surface area contributed by atoms with Crippen LogP contribution in [0.25, 0.3) is 21.8 Å². The van der Waals surface area contributed by atoms with Gasteiger partial charge in [0.15, 0.2) is 0 Å². The number of nitrogens with two attached hydrogens (primary N) is 2. The molecular formula is C58H69N11O16S3. The van der Waals surface area contributed by atoms with Crippen LogP contribution < -0.4 is 52.9 Å². The highest BCUT2D eigenvalue weighted by atomic mass is 32.3. The van der Waals surface area contributed by atoms with Crippen molar-refractivity contribution in [2.24, 2.45) is 11.5 Å². The Morgan fingerprint density at radius 3 is 1.32 bits per heavy atom. The van der Waals surface area contributed by atoms with Crippen molar-refractivity contribution in [3.8, 4) is 5.75 Å². The number of hydrogen-bond acceptors (Lipinski definition) is 16. The van der Waals surface area contributed by atoms with Crippen LogP contribution in [0.5, 0.6) is 5.75 Å². The molecule has 0 unspecified atom stereocenters. The number of carboxylic acid groups (broad SMARTS) is 2. The van der Waals surface area contributed by atoms with Crippen LogP contribution in [0.15, 0.2) is 116 Å². The molecule has 4 aromatic carbocycles. The van der Waals surface area contributed by atoms with Crippen molar-refractivity contribution in [3.05, 3.63) is 138 Å². The summed E-state index contributed by atoms with van der Waals surface area (Å²) in [6.45, 7) is 0. The molecule has 0 spiro atoms. The Labute approximate surface area is 513 Å². The van der Waals surface area contributed by atoms with Crippen LogP contribution >= 0.6 is 23.5 Å². The number of carbonyl (C=O) groups excluding carboxylic acids is 8. The number of aromatic nitrogens is 2. The average Bonchev–Trinajstić information content (AvgIpc) is 3.86. The highest BCUT2D eigenvalue weighted by Crippen LogP contribution is 2.23. The van der Waals surface area contributed by atoms with Gasteiger partial charge in [0.1, 0.15) is 48.0 Å². The summed E-state index contributed by atoms with van der Waals surface area (Å²) in [6, 6.07) is 15.5. The van der Waals surface area contributed by atoms with Crippen molar-refractivity contribution in [2.45, 2.75) is 99.7 Å². The van der Waals surface area contributed by atoms with E-state index < -0.39 is 131 Å². The van der Waals surface area contributed by atoms with Gasteiger partial charge in [0, 0.05) is 59.9 Å². The number of thioether (sulfide) groups is 2. The van der Waals surface area contributed by atoms with Gasteiger partial charge in [0.05, 0.1) is 18.9 Å². The summed E-state index contributed by atoms with van der Waals surface area (Å²) in [5.41, 5.74) is 14.9. The Bertz CT molecular complexity index is 3570. The van der Waals surface area contributed by atoms with Gasteiger partial charge in [0.2, 0.25) is 47.3 Å². The number of carboxylic acids is 2. The van der Waals surface area contributed by atoms with E-state index in [2.05, 4.69) is 51.4 Å². The second-order valence-electron chi connectivity index (χ2n) is 20.4. The molecule has 470 valence electrons. The number of amides is 8. The fraction of sp³-hybridized carbons (Fsp3) is 0.345. The zero-order valence-corrected chi connectivity index (χ0v) is 50.1. The Balaban J connectivity index is 1.31. The molecule has 27 nitrogen and oxygen atoms in total. The monoisotopic (exact) mass is 1270 g/mol. The van der Waals surface area contributed by atoms with E-state index >= 15 is 4.79 Å². The highest BCUT2D eigenvalue weighted by molar-refractivity contribution is 7.98. The van der Waals surface area contributed by atoms with Gasteiger partial charge < -0.3 is 73.0 Å². The van der Waals surface area contributed by atoms with Crippen molar-refractivity contribution in [3.63, 3.8) is 0 Å². The van der Waals surface area contributed by atoms with E-state index in [1.807, 2.05) is 0 Å². The van der Waals surface area contributed by atoms with E-state index in [9.17, 15) is 61.8 Å². The number of para-hydroxylation sites is 2. The van der Waals surface area contributed by atoms with Gasteiger partial charge >= 0.3 is 22.3 Å². The summed E-state index contributed by atoms with van der Waals surface area (Å²) in [5, 5.41) is 38.8. The summed E-state index contributed by atoms with van der Waals surface area (Å²) in [5.74, 6) is -10.3. The number of nitrogens with one attached hydrogen (secondary N) is 9. The number of rotatable bonds is 35. The van der Waals surface area contributed by atoms with Gasteiger partial charge in [-0.25, -0.2) is 0 Å². The Kier molecular flexibility index (Phi) is 25.3. The third kappa shape index (κ3) is 20.9. The third-order valence-corrected chi connectivity index (χ3v) is 15.5. The maximum absolute atomic E-state index is 15.2. The lowest BCUT2D eigenvalue weighted by molar-refractivity contribution is -0.141. The number of aromatic amines is 2. The van der Waals surface area contributed by atoms with E-state index in [1.54, 1.807) is 104 Å². The fourth-order valence-electron chi connectivity index (χ4n) is 9.37. The van der Waals surface area contributed by atoms with Gasteiger partial charge in [-0.05, 0) is 83.4 Å². The molecule has 88 heavy (non-hydrogen) atoms. The lowest BCUT2D eigenvalue weighted by Crippen LogP contribution is -2.61. The molecule has 0 bridgehead atoms. The molecule has 0 saturated heterocycles. The normalized spacial score (nSPS) is 14.1. The molecule has 16 N–H and O–H groups in total. The highest BCUT2D eigenvalue weighted by Gasteiger charge is 2.36. The van der Waals surface area contributed by atoms with E-state index in [0.29, 0.717) is 38.5 Å². The van der Waals surface area contributed by atoms with Crippen LogP contribution in [0.1, 0.15) is 47.9 Å². The fourth-order valence-corrected chi connectivity index (χ4v) is 10.7. The molecule has 6 rings (SSSR count). The molecule has 2 heterocycles. The molecule has 0 saturated carbocycles. The van der Waals surface area contributed by atoms with Gasteiger partial charge in [-0.3, -0.25) is 52.5 Å². The van der Waals surface area contributed by atoms with Crippen LogP contribution in [0, 0.1) is 0 Å². The van der Waals surface area contributed by atoms with Crippen LogP contribution in [0.2, 0.25) is 0 Å². The summed E-state index contributed by atoms with van der Waals surface area (Å²) < 4.78 is 36.3. The first kappa shape index (κ1) is 68.1. The van der Waals surface area contributed by atoms with E-state index in [0.717, 1.165) is 12.1 Å². The minimum absolute atomic E-state index is 0.0508. The maximum Gasteiger partial charge on any atom is 0.446 e. The smallest absolute Gasteiger partial charge is 0.446 e. The second kappa shape index (κ2) is 32.7. The third-order valence-electron chi connectivity index (χ3n) is 13.8. The summed E-state index contributed by atoms with van der Waals surface area (Å²) in [7, 11) is -4.90. The van der Waals surface area contributed by atoms with Gasteiger partial charge in [0.25, 0.3) is 0 Å².